The second-order valence-electron chi connectivity index (χ2n) is 6.09. The minimum absolute atomic E-state index is 0. The average molecular weight is 455 g/mol. The van der Waals surface area contributed by atoms with Gasteiger partial charge in [-0.3, -0.25) is 4.90 Å². The molecule has 0 aliphatic carbocycles. The van der Waals surface area contributed by atoms with Gasteiger partial charge in [0.25, 0.3) is 0 Å². The van der Waals surface area contributed by atoms with Gasteiger partial charge in [0.1, 0.15) is 0 Å². The van der Waals surface area contributed by atoms with Crippen LogP contribution in [0.1, 0.15) is 38.3 Å². The molecular weight excluding hydrogens is 425 g/mol. The minimum Gasteiger partial charge on any atom is -0.357 e. The first-order chi connectivity index (χ1) is 11.7. The third-order valence-electron chi connectivity index (χ3n) is 4.62. The van der Waals surface area contributed by atoms with Gasteiger partial charge in [-0.05, 0) is 44.1 Å². The van der Waals surface area contributed by atoms with Crippen molar-refractivity contribution in [2.45, 2.75) is 39.8 Å². The quantitative estimate of drug-likeness (QED) is 0.407. The van der Waals surface area contributed by atoms with Gasteiger partial charge in [-0.1, -0.05) is 26.0 Å². The zero-order valence-electron chi connectivity index (χ0n) is 15.5. The lowest BCUT2D eigenvalue weighted by atomic mass is 10.1. The van der Waals surface area contributed by atoms with Crippen LogP contribution >= 0.6 is 24.0 Å². The van der Waals surface area contributed by atoms with Crippen LogP contribution in [0.15, 0.2) is 29.3 Å². The molecule has 1 N–H and O–H groups in total. The topological polar surface area (TPSA) is 54.7 Å². The summed E-state index contributed by atoms with van der Waals surface area (Å²) in [5.41, 5.74) is 1.82. The van der Waals surface area contributed by atoms with Gasteiger partial charge < -0.3 is 10.2 Å². The van der Waals surface area contributed by atoms with E-state index in [1.54, 1.807) is 0 Å². The number of nitrogens with one attached hydrogen (secondary N) is 1. The molecule has 1 unspecified atom stereocenters. The van der Waals surface area contributed by atoms with E-state index in [1.165, 1.54) is 6.42 Å². The third kappa shape index (κ3) is 6.15. The Hall–Kier alpha value is -1.33. The summed E-state index contributed by atoms with van der Waals surface area (Å²) >= 11 is 0. The summed E-state index contributed by atoms with van der Waals surface area (Å²) in [6.07, 6.45) is 1.20. The fourth-order valence-corrected chi connectivity index (χ4v) is 3.25. The lowest BCUT2D eigenvalue weighted by Gasteiger charge is -2.27. The van der Waals surface area contributed by atoms with Gasteiger partial charge in [0.05, 0.1) is 18.2 Å². The van der Waals surface area contributed by atoms with Crippen molar-refractivity contribution in [3.8, 4) is 6.07 Å². The van der Waals surface area contributed by atoms with Crippen molar-refractivity contribution in [2.24, 2.45) is 4.99 Å². The highest BCUT2D eigenvalue weighted by atomic mass is 127. The number of rotatable bonds is 6. The van der Waals surface area contributed by atoms with E-state index in [2.05, 4.69) is 42.0 Å². The van der Waals surface area contributed by atoms with Crippen molar-refractivity contribution in [3.05, 3.63) is 35.4 Å². The Labute approximate surface area is 169 Å². The zero-order valence-corrected chi connectivity index (χ0v) is 17.9. The highest BCUT2D eigenvalue weighted by Crippen LogP contribution is 2.16. The molecule has 0 bridgehead atoms. The molecule has 2 rings (SSSR count). The number of hydrogen-bond donors (Lipinski definition) is 1. The largest absolute Gasteiger partial charge is 0.357 e. The first-order valence-electron chi connectivity index (χ1n) is 8.98. The van der Waals surface area contributed by atoms with E-state index in [-0.39, 0.29) is 24.0 Å². The number of likely N-dealkylation sites (tertiary alicyclic amines) is 1. The summed E-state index contributed by atoms with van der Waals surface area (Å²) in [4.78, 5) is 9.70. The fraction of sp³-hybridized carbons (Fsp3) is 0.579. The lowest BCUT2D eigenvalue weighted by molar-refractivity contribution is 0.223. The van der Waals surface area contributed by atoms with Crippen LogP contribution in [0.25, 0.3) is 0 Å². The minimum atomic E-state index is 0. The third-order valence-corrected chi connectivity index (χ3v) is 4.62. The van der Waals surface area contributed by atoms with Crippen molar-refractivity contribution in [2.75, 3.05) is 32.7 Å². The molecule has 1 aliphatic heterocycles. The molecular formula is C19H30IN5. The molecule has 0 spiro atoms. The zero-order chi connectivity index (χ0) is 17.4. The fourth-order valence-electron chi connectivity index (χ4n) is 3.25. The van der Waals surface area contributed by atoms with Gasteiger partial charge in [-0.2, -0.15) is 5.26 Å². The number of halogens is 1. The smallest absolute Gasteiger partial charge is 0.194 e. The predicted octanol–water partition coefficient (Wildman–Crippen LogP) is 3.06. The van der Waals surface area contributed by atoms with E-state index in [0.717, 1.165) is 44.2 Å². The van der Waals surface area contributed by atoms with Crippen molar-refractivity contribution in [3.63, 3.8) is 0 Å². The average Bonchev–Trinajstić information content (AvgIpc) is 3.10. The van der Waals surface area contributed by atoms with E-state index in [4.69, 9.17) is 10.3 Å². The first-order valence-corrected chi connectivity index (χ1v) is 8.98. The molecule has 0 radical (unpaired) electrons. The number of benzene rings is 1. The maximum atomic E-state index is 8.87. The van der Waals surface area contributed by atoms with Crippen LogP contribution in [0.4, 0.5) is 0 Å². The molecule has 1 aliphatic rings. The summed E-state index contributed by atoms with van der Waals surface area (Å²) in [5, 5.41) is 12.3. The Morgan fingerprint density at radius 3 is 2.52 bits per heavy atom. The Kier molecular flexibility index (Phi) is 9.83. The first kappa shape index (κ1) is 21.7. The molecule has 1 heterocycles. The Morgan fingerprint density at radius 2 is 1.96 bits per heavy atom. The van der Waals surface area contributed by atoms with Crippen molar-refractivity contribution in [1.29, 1.82) is 5.26 Å². The van der Waals surface area contributed by atoms with Crippen LogP contribution in [0.5, 0.6) is 0 Å². The SMILES string of the molecule is CCNC(=NCc1ccc(C#N)cc1)N1CCC(N(CC)CC)C1.I. The molecule has 6 heteroatoms. The van der Waals surface area contributed by atoms with Crippen molar-refractivity contribution < 1.29 is 0 Å². The second-order valence-corrected chi connectivity index (χ2v) is 6.09. The molecule has 25 heavy (non-hydrogen) atoms. The summed E-state index contributed by atoms with van der Waals surface area (Å²) in [6.45, 7) is 12.4. The highest BCUT2D eigenvalue weighted by molar-refractivity contribution is 14.0. The molecule has 0 aromatic heterocycles. The number of hydrogen-bond acceptors (Lipinski definition) is 3. The number of nitrogens with zero attached hydrogens (tertiary/aromatic N) is 4. The normalized spacial score (nSPS) is 17.3. The van der Waals surface area contributed by atoms with Crippen LogP contribution in [-0.2, 0) is 6.54 Å². The summed E-state index contributed by atoms with van der Waals surface area (Å²) < 4.78 is 0. The van der Waals surface area contributed by atoms with E-state index < -0.39 is 0 Å². The number of guanidine groups is 1. The summed E-state index contributed by atoms with van der Waals surface area (Å²) in [5.74, 6) is 0.997. The van der Waals surface area contributed by atoms with Crippen molar-refractivity contribution in [1.82, 2.24) is 15.1 Å². The van der Waals surface area contributed by atoms with Gasteiger partial charge >= 0.3 is 0 Å². The van der Waals surface area contributed by atoms with Crippen LogP contribution in [0, 0.1) is 11.3 Å². The summed E-state index contributed by atoms with van der Waals surface area (Å²) in [7, 11) is 0. The maximum absolute atomic E-state index is 8.87. The van der Waals surface area contributed by atoms with Gasteiger partial charge in [0, 0.05) is 25.7 Å². The maximum Gasteiger partial charge on any atom is 0.194 e. The summed E-state index contributed by atoms with van der Waals surface area (Å²) in [6, 6.07) is 10.4. The molecule has 1 aromatic rings. The second kappa shape index (κ2) is 11.3. The van der Waals surface area contributed by atoms with Gasteiger partial charge in [-0.15, -0.1) is 24.0 Å². The standard InChI is InChI=1S/C19H29N5.HI/c1-4-21-19(22-14-17-9-7-16(13-20)8-10-17)24-12-11-18(15-24)23(5-2)6-3;/h7-10,18H,4-6,11-12,14-15H2,1-3H3,(H,21,22);1H. The monoisotopic (exact) mass is 455 g/mol. The van der Waals surface area contributed by atoms with Crippen molar-refractivity contribution >= 4 is 29.9 Å². The van der Waals surface area contributed by atoms with Gasteiger partial charge in [0.15, 0.2) is 5.96 Å². The van der Waals surface area contributed by atoms with Gasteiger partial charge in [-0.25, -0.2) is 4.99 Å². The molecule has 1 aromatic carbocycles. The Balaban J connectivity index is 0.00000312. The Bertz CT molecular complexity index is 574. The molecule has 138 valence electrons. The molecule has 0 amide bonds. The highest BCUT2D eigenvalue weighted by Gasteiger charge is 2.27. The van der Waals surface area contributed by atoms with E-state index in [0.29, 0.717) is 18.2 Å². The molecule has 1 atom stereocenters. The number of likely N-dealkylation sites (N-methyl/N-ethyl adjacent to an activating group) is 1. The van der Waals surface area contributed by atoms with E-state index >= 15 is 0 Å². The number of nitriles is 1. The van der Waals surface area contributed by atoms with Crippen LogP contribution in [-0.4, -0.2) is 54.5 Å². The van der Waals surface area contributed by atoms with E-state index in [1.807, 2.05) is 24.3 Å². The van der Waals surface area contributed by atoms with Gasteiger partial charge in [0.2, 0.25) is 0 Å². The predicted molar refractivity (Wildman–Crippen MR) is 114 cm³/mol. The molecule has 5 nitrogen and oxygen atoms in total. The molecule has 0 saturated carbocycles. The van der Waals surface area contributed by atoms with E-state index in [9.17, 15) is 0 Å². The number of aliphatic imine (C=N–C) groups is 1. The molecule has 1 saturated heterocycles. The Morgan fingerprint density at radius 1 is 1.28 bits per heavy atom. The molecule has 1 fully saturated rings. The van der Waals surface area contributed by atoms with Crippen LogP contribution < -0.4 is 5.32 Å². The van der Waals surface area contributed by atoms with Crippen LogP contribution in [0.3, 0.4) is 0 Å². The van der Waals surface area contributed by atoms with Crippen LogP contribution in [0.2, 0.25) is 0 Å². The lowest BCUT2D eigenvalue weighted by Crippen LogP contribution is -2.43.